The SMILES string of the molecule is O=C(Oc1ccc([N+](=O)[O-])cc1)N1CC=C(c2cc3c(Nc4ccc5ncsc5c4)ncnc3[nH]2)CC1. The van der Waals surface area contributed by atoms with Crippen LogP contribution in [0.15, 0.2) is 66.4 Å². The third kappa shape index (κ3) is 4.57. The number of ether oxygens (including phenoxy) is 1. The van der Waals surface area contributed by atoms with E-state index in [0.29, 0.717) is 31.0 Å². The second kappa shape index (κ2) is 9.32. The van der Waals surface area contributed by atoms with Gasteiger partial charge in [-0.05, 0) is 48.4 Å². The number of hydrogen-bond acceptors (Lipinski definition) is 9. The van der Waals surface area contributed by atoms with Crippen LogP contribution in [-0.2, 0) is 0 Å². The Morgan fingerprint density at radius 3 is 2.78 bits per heavy atom. The smallest absolute Gasteiger partial charge is 0.410 e. The van der Waals surface area contributed by atoms with E-state index in [2.05, 4.69) is 25.3 Å². The minimum Gasteiger partial charge on any atom is -0.410 e. The van der Waals surface area contributed by atoms with Gasteiger partial charge in [-0.15, -0.1) is 11.3 Å². The monoisotopic (exact) mass is 513 g/mol. The van der Waals surface area contributed by atoms with Crippen molar-refractivity contribution in [2.24, 2.45) is 0 Å². The molecule has 0 atom stereocenters. The van der Waals surface area contributed by atoms with E-state index in [1.54, 1.807) is 16.2 Å². The van der Waals surface area contributed by atoms with Gasteiger partial charge in [-0.25, -0.2) is 19.7 Å². The van der Waals surface area contributed by atoms with Crippen molar-refractivity contribution in [3.63, 3.8) is 0 Å². The summed E-state index contributed by atoms with van der Waals surface area (Å²) in [6, 6.07) is 13.4. The number of nitrogens with one attached hydrogen (secondary N) is 2. The van der Waals surface area contributed by atoms with Crippen LogP contribution in [-0.4, -0.2) is 48.9 Å². The van der Waals surface area contributed by atoms with Crippen molar-refractivity contribution in [2.45, 2.75) is 6.42 Å². The summed E-state index contributed by atoms with van der Waals surface area (Å²) in [5.41, 5.74) is 6.33. The molecule has 0 spiro atoms. The maximum absolute atomic E-state index is 12.6. The molecule has 4 heterocycles. The lowest BCUT2D eigenvalue weighted by atomic mass is 10.1. The van der Waals surface area contributed by atoms with Crippen LogP contribution in [0.1, 0.15) is 12.1 Å². The fourth-order valence-electron chi connectivity index (χ4n) is 4.16. The van der Waals surface area contributed by atoms with Crippen molar-refractivity contribution in [1.82, 2.24) is 24.8 Å². The van der Waals surface area contributed by atoms with Gasteiger partial charge in [0.2, 0.25) is 0 Å². The maximum atomic E-state index is 12.6. The van der Waals surface area contributed by atoms with Gasteiger partial charge in [0.15, 0.2) is 0 Å². The summed E-state index contributed by atoms with van der Waals surface area (Å²) in [5.74, 6) is 0.954. The number of non-ortho nitro benzene ring substituents is 1. The van der Waals surface area contributed by atoms with Crippen LogP contribution in [0, 0.1) is 10.1 Å². The van der Waals surface area contributed by atoms with Gasteiger partial charge in [-0.1, -0.05) is 6.08 Å². The number of aromatic nitrogens is 4. The first-order valence-electron chi connectivity index (χ1n) is 11.4. The van der Waals surface area contributed by atoms with Crippen molar-refractivity contribution in [3.05, 3.63) is 82.3 Å². The number of rotatable bonds is 5. The van der Waals surface area contributed by atoms with E-state index in [-0.39, 0.29) is 11.4 Å². The van der Waals surface area contributed by atoms with Crippen LogP contribution in [0.3, 0.4) is 0 Å². The van der Waals surface area contributed by atoms with Gasteiger partial charge >= 0.3 is 6.09 Å². The number of nitrogens with zero attached hydrogens (tertiary/aromatic N) is 5. The van der Waals surface area contributed by atoms with Crippen LogP contribution < -0.4 is 10.1 Å². The number of amides is 1. The second-order valence-electron chi connectivity index (χ2n) is 8.37. The van der Waals surface area contributed by atoms with Crippen LogP contribution in [0.4, 0.5) is 22.0 Å². The summed E-state index contributed by atoms with van der Waals surface area (Å²) in [6.45, 7) is 0.848. The highest BCUT2D eigenvalue weighted by Gasteiger charge is 2.21. The number of anilines is 2. The standard InChI is InChI=1S/C25H19N7O4S/c33-25(36-18-4-2-17(3-5-18)32(34)35)31-9-7-15(8-10-31)21-12-19-23(26-13-27-24(19)30-21)29-16-1-6-20-22(11-16)37-14-28-20/h1-7,11-14H,8-10H2,(H2,26,27,29,30). The highest BCUT2D eigenvalue weighted by atomic mass is 32.1. The third-order valence-electron chi connectivity index (χ3n) is 6.09. The van der Waals surface area contributed by atoms with E-state index in [4.69, 9.17) is 4.74 Å². The molecule has 6 rings (SSSR count). The second-order valence-corrected chi connectivity index (χ2v) is 9.26. The number of benzene rings is 2. The minimum atomic E-state index is -0.504. The Morgan fingerprint density at radius 2 is 2.00 bits per heavy atom. The Bertz CT molecular complexity index is 1680. The number of H-pyrrole nitrogens is 1. The molecule has 2 N–H and O–H groups in total. The average Bonchev–Trinajstić information content (AvgIpc) is 3.56. The predicted molar refractivity (Wildman–Crippen MR) is 140 cm³/mol. The molecule has 5 aromatic rings. The lowest BCUT2D eigenvalue weighted by molar-refractivity contribution is -0.384. The van der Waals surface area contributed by atoms with E-state index in [9.17, 15) is 14.9 Å². The number of nitro groups is 1. The van der Waals surface area contributed by atoms with Gasteiger partial charge in [0.25, 0.3) is 5.69 Å². The van der Waals surface area contributed by atoms with E-state index in [1.165, 1.54) is 30.6 Å². The van der Waals surface area contributed by atoms with Gasteiger partial charge in [0, 0.05) is 36.6 Å². The molecule has 37 heavy (non-hydrogen) atoms. The number of carbonyl (C=O) groups is 1. The Kier molecular flexibility index (Phi) is 5.69. The van der Waals surface area contributed by atoms with Crippen molar-refractivity contribution in [2.75, 3.05) is 18.4 Å². The summed E-state index contributed by atoms with van der Waals surface area (Å²) in [4.78, 5) is 40.9. The molecule has 0 unspecified atom stereocenters. The number of carbonyl (C=O) groups excluding carboxylic acids is 1. The number of fused-ring (bicyclic) bond motifs is 2. The highest BCUT2D eigenvalue weighted by Crippen LogP contribution is 2.30. The molecule has 2 aromatic carbocycles. The molecule has 11 nitrogen and oxygen atoms in total. The van der Waals surface area contributed by atoms with Crippen molar-refractivity contribution in [3.8, 4) is 5.75 Å². The lowest BCUT2D eigenvalue weighted by Gasteiger charge is -2.25. The van der Waals surface area contributed by atoms with Gasteiger partial charge in [0.05, 0.1) is 26.0 Å². The van der Waals surface area contributed by atoms with Crippen LogP contribution in [0.2, 0.25) is 0 Å². The van der Waals surface area contributed by atoms with E-state index in [0.717, 1.165) is 32.6 Å². The molecule has 0 aliphatic carbocycles. The molecular formula is C25H19N7O4S. The van der Waals surface area contributed by atoms with Gasteiger partial charge in [-0.2, -0.15) is 0 Å². The first-order valence-corrected chi connectivity index (χ1v) is 12.3. The average molecular weight is 514 g/mol. The summed E-state index contributed by atoms with van der Waals surface area (Å²) < 4.78 is 6.46. The summed E-state index contributed by atoms with van der Waals surface area (Å²) >= 11 is 1.58. The number of nitro benzene ring substituents is 1. The highest BCUT2D eigenvalue weighted by molar-refractivity contribution is 7.16. The summed E-state index contributed by atoms with van der Waals surface area (Å²) in [7, 11) is 0. The molecule has 1 amide bonds. The quantitative estimate of drug-likeness (QED) is 0.232. The molecule has 1 aliphatic rings. The zero-order valence-electron chi connectivity index (χ0n) is 19.2. The van der Waals surface area contributed by atoms with Crippen molar-refractivity contribution < 1.29 is 14.5 Å². The Labute approximate surface area is 213 Å². The lowest BCUT2D eigenvalue weighted by Crippen LogP contribution is -2.36. The molecule has 0 fully saturated rings. The number of aromatic amines is 1. The normalized spacial score (nSPS) is 13.5. The molecule has 0 saturated heterocycles. The zero-order valence-corrected chi connectivity index (χ0v) is 20.1. The largest absolute Gasteiger partial charge is 0.415 e. The number of thiazole rings is 1. The zero-order chi connectivity index (χ0) is 25.4. The third-order valence-corrected chi connectivity index (χ3v) is 6.88. The van der Waals surface area contributed by atoms with E-state index in [1.807, 2.05) is 35.9 Å². The first kappa shape index (κ1) is 22.6. The van der Waals surface area contributed by atoms with Crippen molar-refractivity contribution in [1.29, 1.82) is 0 Å². The van der Waals surface area contributed by atoms with Crippen LogP contribution in [0.25, 0.3) is 26.8 Å². The molecule has 0 radical (unpaired) electrons. The first-order chi connectivity index (χ1) is 18.0. The number of hydrogen-bond donors (Lipinski definition) is 2. The molecular weight excluding hydrogens is 494 g/mol. The Balaban J connectivity index is 1.16. The molecule has 12 heteroatoms. The van der Waals surface area contributed by atoms with E-state index >= 15 is 0 Å². The van der Waals surface area contributed by atoms with Crippen LogP contribution >= 0.6 is 11.3 Å². The molecule has 184 valence electrons. The summed E-state index contributed by atoms with van der Waals surface area (Å²) in [5, 5.41) is 15.0. The van der Waals surface area contributed by atoms with Crippen molar-refractivity contribution >= 4 is 61.4 Å². The Hall–Kier alpha value is -4.84. The van der Waals surface area contributed by atoms with Gasteiger partial charge < -0.3 is 19.9 Å². The molecule has 1 aliphatic heterocycles. The molecule has 3 aromatic heterocycles. The van der Waals surface area contributed by atoms with Gasteiger partial charge in [0.1, 0.15) is 23.5 Å². The predicted octanol–water partition coefficient (Wildman–Crippen LogP) is 5.51. The fourth-order valence-corrected chi connectivity index (χ4v) is 4.88. The van der Waals surface area contributed by atoms with E-state index < -0.39 is 11.0 Å². The van der Waals surface area contributed by atoms with Crippen LogP contribution in [0.5, 0.6) is 5.75 Å². The topological polar surface area (TPSA) is 139 Å². The van der Waals surface area contributed by atoms with Gasteiger partial charge in [-0.3, -0.25) is 10.1 Å². The molecule has 0 bridgehead atoms. The maximum Gasteiger partial charge on any atom is 0.415 e. The summed E-state index contributed by atoms with van der Waals surface area (Å²) in [6.07, 6.45) is 3.61. The Morgan fingerprint density at radius 1 is 1.14 bits per heavy atom. The molecule has 0 saturated carbocycles. The fraction of sp³-hybridized carbons (Fsp3) is 0.120. The minimum absolute atomic E-state index is 0.0624.